The quantitative estimate of drug-likeness (QED) is 0.0970. The van der Waals surface area contributed by atoms with E-state index < -0.39 is 29.9 Å². The highest BCUT2D eigenvalue weighted by molar-refractivity contribution is 5.92. The van der Waals surface area contributed by atoms with E-state index in [4.69, 9.17) is 19.7 Å². The average molecular weight is 687 g/mol. The van der Waals surface area contributed by atoms with Crippen LogP contribution in [0.15, 0.2) is 121 Å². The van der Waals surface area contributed by atoms with E-state index in [-0.39, 0.29) is 26.4 Å². The summed E-state index contributed by atoms with van der Waals surface area (Å²) in [4.78, 5) is 21.3. The molecular weight excluding hydrogens is 652 g/mol. The van der Waals surface area contributed by atoms with E-state index in [1.54, 1.807) is 0 Å². The minimum absolute atomic E-state index is 0.118. The van der Waals surface area contributed by atoms with Crippen LogP contribution in [0.25, 0.3) is 32.7 Å². The summed E-state index contributed by atoms with van der Waals surface area (Å²) in [5.41, 5.74) is 6.18. The van der Waals surface area contributed by atoms with Gasteiger partial charge in [0, 0.05) is 0 Å². The second-order valence-corrected chi connectivity index (χ2v) is 12.4. The van der Waals surface area contributed by atoms with Gasteiger partial charge in [-0.1, -0.05) is 84.9 Å². The number of hydrogen-bond donors (Lipinski definition) is 4. The third-order valence-corrected chi connectivity index (χ3v) is 9.12. The van der Waals surface area contributed by atoms with E-state index >= 15 is 0 Å². The lowest BCUT2D eigenvalue weighted by Crippen LogP contribution is -2.28. The molecule has 10 nitrogen and oxygen atoms in total. The molecule has 0 fully saturated rings. The first-order valence-corrected chi connectivity index (χ1v) is 16.3. The molecule has 0 aromatic heterocycles. The summed E-state index contributed by atoms with van der Waals surface area (Å²) in [5, 5.41) is 41.3. The lowest BCUT2D eigenvalue weighted by atomic mass is 9.67. The van der Waals surface area contributed by atoms with Gasteiger partial charge in [0.2, 0.25) is 0 Å². The zero-order chi connectivity index (χ0) is 35.5. The van der Waals surface area contributed by atoms with Crippen LogP contribution >= 0.6 is 0 Å². The molecule has 1 aliphatic rings. The van der Waals surface area contributed by atoms with E-state index in [1.165, 1.54) is 11.1 Å². The van der Waals surface area contributed by atoms with Gasteiger partial charge in [-0.05, 0) is 91.3 Å². The highest BCUT2D eigenvalue weighted by Gasteiger charge is 2.46. The lowest BCUT2D eigenvalue weighted by molar-refractivity contribution is 0.0194. The van der Waals surface area contributed by atoms with Gasteiger partial charge in [-0.2, -0.15) is 0 Å². The summed E-state index contributed by atoms with van der Waals surface area (Å²) in [7, 11) is 0. The van der Waals surface area contributed by atoms with Gasteiger partial charge in [0.15, 0.2) is 0 Å². The molecule has 1 aliphatic carbocycles. The van der Waals surface area contributed by atoms with Crippen LogP contribution in [0, 0.1) is 0 Å². The molecule has 4 N–H and O–H groups in total. The van der Waals surface area contributed by atoms with Gasteiger partial charge in [-0.15, -0.1) is 0 Å². The van der Waals surface area contributed by atoms with E-state index in [1.807, 2.05) is 36.4 Å². The summed E-state index contributed by atoms with van der Waals surface area (Å²) >= 11 is 0. The standard InChI is InChI=1S/C41H34O10/c42-31(23-50-39(44)45)21-48-33-15-11-25-17-29(13-9-27(25)19-33)41(37-7-3-1-5-35(37)36-6-2-4-8-38(36)41)30-14-10-28-20-34(16-12-26(28)18-30)49-22-32(43)24-51-40(46)47/h1-20,31-32,42-43H,21-24H2,(H,44,45)(H,46,47). The number of carboxylic acid groups (broad SMARTS) is 2. The Morgan fingerprint density at radius 2 is 0.902 bits per heavy atom. The SMILES string of the molecule is O=C(O)OCC(O)COc1ccc2cc(C3(c4ccc5cc(OCC(O)COC(=O)O)ccc5c4)c4ccccc4-c4ccccc43)ccc2c1. The average Bonchev–Trinajstić information content (AvgIpc) is 3.45. The number of hydrogen-bond acceptors (Lipinski definition) is 8. The summed E-state index contributed by atoms with van der Waals surface area (Å²) in [6, 6.07) is 41.2. The van der Waals surface area contributed by atoms with Crippen molar-refractivity contribution in [3.63, 3.8) is 0 Å². The fourth-order valence-electron chi connectivity index (χ4n) is 6.93. The van der Waals surface area contributed by atoms with Crippen molar-refractivity contribution < 1.29 is 49.0 Å². The molecule has 258 valence electrons. The number of aliphatic hydroxyl groups is 2. The zero-order valence-electron chi connectivity index (χ0n) is 27.3. The molecule has 0 spiro atoms. The van der Waals surface area contributed by atoms with Crippen molar-refractivity contribution in [3.05, 3.63) is 144 Å². The largest absolute Gasteiger partial charge is 0.505 e. The molecule has 6 aromatic rings. The van der Waals surface area contributed by atoms with Gasteiger partial charge in [-0.3, -0.25) is 0 Å². The van der Waals surface area contributed by atoms with Gasteiger partial charge in [-0.25, -0.2) is 9.59 Å². The Bertz CT molecular complexity index is 2090. The maximum atomic E-state index is 10.6. The van der Waals surface area contributed by atoms with Crippen molar-refractivity contribution in [2.24, 2.45) is 0 Å². The fourth-order valence-corrected chi connectivity index (χ4v) is 6.93. The molecule has 2 unspecified atom stereocenters. The smallest absolute Gasteiger partial charge is 0.491 e. The topological polar surface area (TPSA) is 152 Å². The molecule has 51 heavy (non-hydrogen) atoms. The maximum Gasteiger partial charge on any atom is 0.505 e. The highest BCUT2D eigenvalue weighted by Crippen LogP contribution is 2.56. The van der Waals surface area contributed by atoms with Crippen molar-refractivity contribution in [1.82, 2.24) is 0 Å². The monoisotopic (exact) mass is 686 g/mol. The normalized spacial score (nSPS) is 13.9. The molecule has 6 aromatic carbocycles. The first-order chi connectivity index (χ1) is 24.7. The van der Waals surface area contributed by atoms with E-state index in [0.29, 0.717) is 11.5 Å². The third kappa shape index (κ3) is 6.62. The predicted octanol–water partition coefficient (Wildman–Crippen LogP) is 7.22. The molecular formula is C41H34O10. The van der Waals surface area contributed by atoms with Crippen LogP contribution in [0.3, 0.4) is 0 Å². The van der Waals surface area contributed by atoms with E-state index in [0.717, 1.165) is 43.8 Å². The molecule has 7 rings (SSSR count). The van der Waals surface area contributed by atoms with Gasteiger partial charge in [0.25, 0.3) is 0 Å². The fraction of sp³-hybridized carbons (Fsp3) is 0.171. The Balaban J connectivity index is 1.26. The first-order valence-electron chi connectivity index (χ1n) is 16.3. The number of benzene rings is 6. The van der Waals surface area contributed by atoms with Gasteiger partial charge in [0.05, 0.1) is 5.41 Å². The second-order valence-electron chi connectivity index (χ2n) is 12.4. The van der Waals surface area contributed by atoms with Gasteiger partial charge >= 0.3 is 12.3 Å². The van der Waals surface area contributed by atoms with Crippen molar-refractivity contribution in [2.45, 2.75) is 17.6 Å². The Kier molecular flexibility index (Phi) is 9.18. The summed E-state index contributed by atoms with van der Waals surface area (Å²) in [5.74, 6) is 1.08. The molecule has 2 atom stereocenters. The number of fused-ring (bicyclic) bond motifs is 5. The van der Waals surface area contributed by atoms with E-state index in [9.17, 15) is 19.8 Å². The minimum Gasteiger partial charge on any atom is -0.491 e. The van der Waals surface area contributed by atoms with Gasteiger partial charge in [0.1, 0.15) is 50.1 Å². The lowest BCUT2D eigenvalue weighted by Gasteiger charge is -2.34. The van der Waals surface area contributed by atoms with Crippen LogP contribution in [0.2, 0.25) is 0 Å². The van der Waals surface area contributed by atoms with E-state index in [2.05, 4.69) is 94.4 Å². The van der Waals surface area contributed by atoms with Crippen LogP contribution in [0.5, 0.6) is 11.5 Å². The minimum atomic E-state index is -1.45. The Hall–Kier alpha value is -6.10. The molecule has 0 saturated carbocycles. The number of aliphatic hydroxyl groups excluding tert-OH is 2. The van der Waals surface area contributed by atoms with Gasteiger partial charge < -0.3 is 39.4 Å². The summed E-state index contributed by atoms with van der Waals surface area (Å²) in [6.45, 7) is -0.992. The Labute approximate surface area is 292 Å². The third-order valence-electron chi connectivity index (χ3n) is 9.12. The van der Waals surface area contributed by atoms with Crippen molar-refractivity contribution in [3.8, 4) is 22.6 Å². The molecule has 10 heteroatoms. The second kappa shape index (κ2) is 14.0. The number of carbonyl (C=O) groups is 2. The first kappa shape index (κ1) is 33.4. The van der Waals surface area contributed by atoms with Crippen LogP contribution in [0.1, 0.15) is 22.3 Å². The van der Waals surface area contributed by atoms with Crippen molar-refractivity contribution in [1.29, 1.82) is 0 Å². The molecule has 0 bridgehead atoms. The molecule has 0 amide bonds. The predicted molar refractivity (Wildman–Crippen MR) is 190 cm³/mol. The number of ether oxygens (including phenoxy) is 4. The van der Waals surface area contributed by atoms with Crippen molar-refractivity contribution >= 4 is 33.9 Å². The van der Waals surface area contributed by atoms with Crippen LogP contribution in [-0.4, -0.2) is 71.4 Å². The molecule has 0 radical (unpaired) electrons. The number of rotatable bonds is 12. The summed E-state index contributed by atoms with van der Waals surface area (Å²) in [6.07, 6.45) is -5.10. The molecule has 0 heterocycles. The zero-order valence-corrected chi connectivity index (χ0v) is 27.3. The van der Waals surface area contributed by atoms with Crippen LogP contribution < -0.4 is 9.47 Å². The maximum absolute atomic E-state index is 10.6. The Morgan fingerprint density at radius 3 is 1.33 bits per heavy atom. The highest BCUT2D eigenvalue weighted by atomic mass is 16.7. The molecule has 0 saturated heterocycles. The summed E-state index contributed by atoms with van der Waals surface area (Å²) < 4.78 is 20.4. The Morgan fingerprint density at radius 1 is 0.510 bits per heavy atom. The van der Waals surface area contributed by atoms with Crippen LogP contribution in [0.4, 0.5) is 9.59 Å². The van der Waals surface area contributed by atoms with Crippen LogP contribution in [-0.2, 0) is 14.9 Å². The van der Waals surface area contributed by atoms with Crippen molar-refractivity contribution in [2.75, 3.05) is 26.4 Å². The molecule has 0 aliphatic heterocycles.